The molecule has 1 saturated heterocycles. The van der Waals surface area contributed by atoms with E-state index in [4.69, 9.17) is 14.2 Å². The number of ether oxygens (including phenoxy) is 3. The smallest absolute Gasteiger partial charge is 0.227 e. The topological polar surface area (TPSA) is 77.1 Å². The fraction of sp³-hybridized carbons (Fsp3) is 0.556. The lowest BCUT2D eigenvalue weighted by Gasteiger charge is -2.17. The van der Waals surface area contributed by atoms with E-state index in [0.29, 0.717) is 31.2 Å². The summed E-state index contributed by atoms with van der Waals surface area (Å²) in [5.41, 5.74) is 0.842. The van der Waals surface area contributed by atoms with Gasteiger partial charge in [0, 0.05) is 33.2 Å². The van der Waals surface area contributed by atoms with Crippen molar-refractivity contribution in [3.63, 3.8) is 0 Å². The minimum atomic E-state index is -0.237. The van der Waals surface area contributed by atoms with Crippen LogP contribution in [-0.4, -0.2) is 64.8 Å². The molecule has 1 aliphatic rings. The van der Waals surface area contributed by atoms with Crippen LogP contribution in [0.4, 0.5) is 0 Å². The second-order valence-corrected chi connectivity index (χ2v) is 6.10. The highest BCUT2D eigenvalue weighted by molar-refractivity contribution is 5.83. The molecule has 1 aromatic carbocycles. The van der Waals surface area contributed by atoms with E-state index >= 15 is 0 Å². The molecule has 2 atom stereocenters. The SMILES string of the molecule is CNC(=O)[C@@H]1CN(C(=O)Cc2ccc(OC)c(OC)c2)C[C@H]1COC. The molecule has 138 valence electrons. The first-order chi connectivity index (χ1) is 12.0. The Hall–Kier alpha value is -2.28. The van der Waals surface area contributed by atoms with Crippen molar-refractivity contribution in [2.45, 2.75) is 6.42 Å². The highest BCUT2D eigenvalue weighted by atomic mass is 16.5. The average molecular weight is 350 g/mol. The van der Waals surface area contributed by atoms with Gasteiger partial charge in [0.05, 0.1) is 33.2 Å². The standard InChI is InChI=1S/C18H26N2O5/c1-19-18(22)14-10-20(9-13(14)11-23-2)17(21)8-12-5-6-15(24-3)16(7-12)25-4/h5-7,13-14H,8-11H2,1-4H3,(H,19,22)/t13-,14+/m0/s1. The molecule has 2 rings (SSSR count). The van der Waals surface area contributed by atoms with Crippen LogP contribution in [0.5, 0.6) is 11.5 Å². The maximum absolute atomic E-state index is 12.7. The van der Waals surface area contributed by atoms with Crippen LogP contribution in [-0.2, 0) is 20.7 Å². The summed E-state index contributed by atoms with van der Waals surface area (Å²) in [7, 11) is 6.35. The third kappa shape index (κ3) is 4.42. The number of methoxy groups -OCH3 is 3. The van der Waals surface area contributed by atoms with E-state index in [1.54, 1.807) is 45.4 Å². The van der Waals surface area contributed by atoms with Gasteiger partial charge in [0.15, 0.2) is 11.5 Å². The van der Waals surface area contributed by atoms with Gasteiger partial charge in [-0.3, -0.25) is 9.59 Å². The molecule has 1 fully saturated rings. The van der Waals surface area contributed by atoms with Crippen molar-refractivity contribution < 1.29 is 23.8 Å². The van der Waals surface area contributed by atoms with Gasteiger partial charge in [0.1, 0.15) is 0 Å². The first-order valence-electron chi connectivity index (χ1n) is 8.23. The summed E-state index contributed by atoms with van der Waals surface area (Å²) in [5, 5.41) is 2.67. The molecule has 7 heteroatoms. The van der Waals surface area contributed by atoms with E-state index < -0.39 is 0 Å². The largest absolute Gasteiger partial charge is 0.493 e. The van der Waals surface area contributed by atoms with Crippen molar-refractivity contribution in [1.29, 1.82) is 0 Å². The van der Waals surface area contributed by atoms with E-state index in [1.165, 1.54) is 0 Å². The molecule has 1 aliphatic heterocycles. The number of nitrogens with zero attached hydrogens (tertiary/aromatic N) is 1. The molecule has 0 saturated carbocycles. The number of carbonyl (C=O) groups is 2. The minimum Gasteiger partial charge on any atom is -0.493 e. The molecule has 25 heavy (non-hydrogen) atoms. The van der Waals surface area contributed by atoms with Crippen LogP contribution in [0.15, 0.2) is 18.2 Å². The highest BCUT2D eigenvalue weighted by Gasteiger charge is 2.38. The van der Waals surface area contributed by atoms with E-state index in [0.717, 1.165) is 5.56 Å². The van der Waals surface area contributed by atoms with Gasteiger partial charge in [-0.15, -0.1) is 0 Å². The van der Waals surface area contributed by atoms with Crippen LogP contribution in [0.3, 0.4) is 0 Å². The maximum Gasteiger partial charge on any atom is 0.227 e. The summed E-state index contributed by atoms with van der Waals surface area (Å²) in [6, 6.07) is 5.43. The third-order valence-electron chi connectivity index (χ3n) is 4.56. The molecule has 7 nitrogen and oxygen atoms in total. The first kappa shape index (κ1) is 19.1. The van der Waals surface area contributed by atoms with E-state index in [2.05, 4.69) is 5.32 Å². The predicted molar refractivity (Wildman–Crippen MR) is 92.8 cm³/mol. The predicted octanol–water partition coefficient (Wildman–Crippen LogP) is 0.713. The number of hydrogen-bond donors (Lipinski definition) is 1. The van der Waals surface area contributed by atoms with Crippen LogP contribution in [0, 0.1) is 11.8 Å². The maximum atomic E-state index is 12.7. The summed E-state index contributed by atoms with van der Waals surface area (Å²) < 4.78 is 15.7. The fourth-order valence-corrected chi connectivity index (χ4v) is 3.22. The van der Waals surface area contributed by atoms with Crippen molar-refractivity contribution in [2.75, 3.05) is 48.1 Å². The summed E-state index contributed by atoms with van der Waals surface area (Å²) >= 11 is 0. The van der Waals surface area contributed by atoms with Crippen molar-refractivity contribution in [3.8, 4) is 11.5 Å². The fourth-order valence-electron chi connectivity index (χ4n) is 3.22. The van der Waals surface area contributed by atoms with Gasteiger partial charge in [-0.1, -0.05) is 6.07 Å². The Kier molecular flexibility index (Phi) is 6.64. The quantitative estimate of drug-likeness (QED) is 0.784. The molecule has 0 spiro atoms. The van der Waals surface area contributed by atoms with Crippen LogP contribution >= 0.6 is 0 Å². The molecule has 2 amide bonds. The Morgan fingerprint density at radius 1 is 1.16 bits per heavy atom. The molecule has 0 unspecified atom stereocenters. The number of nitrogens with one attached hydrogen (secondary N) is 1. The van der Waals surface area contributed by atoms with Crippen molar-refractivity contribution in [2.24, 2.45) is 11.8 Å². The highest BCUT2D eigenvalue weighted by Crippen LogP contribution is 2.29. The number of likely N-dealkylation sites (tertiary alicyclic amines) is 1. The number of benzene rings is 1. The van der Waals surface area contributed by atoms with Gasteiger partial charge >= 0.3 is 0 Å². The van der Waals surface area contributed by atoms with Crippen LogP contribution in [0.25, 0.3) is 0 Å². The second kappa shape index (κ2) is 8.71. The van der Waals surface area contributed by atoms with E-state index in [-0.39, 0.29) is 30.1 Å². The molecular weight excluding hydrogens is 324 g/mol. The van der Waals surface area contributed by atoms with Crippen LogP contribution in [0.2, 0.25) is 0 Å². The summed E-state index contributed by atoms with van der Waals surface area (Å²) in [6.07, 6.45) is 0.251. The van der Waals surface area contributed by atoms with Gasteiger partial charge in [0.25, 0.3) is 0 Å². The Morgan fingerprint density at radius 3 is 2.48 bits per heavy atom. The van der Waals surface area contributed by atoms with Gasteiger partial charge in [0.2, 0.25) is 11.8 Å². The normalized spacial score (nSPS) is 19.6. The average Bonchev–Trinajstić information content (AvgIpc) is 3.05. The molecule has 1 N–H and O–H groups in total. The Labute approximate surface area is 148 Å². The number of carbonyl (C=O) groups excluding carboxylic acids is 2. The Balaban J connectivity index is 2.07. The Morgan fingerprint density at radius 2 is 1.88 bits per heavy atom. The molecule has 0 radical (unpaired) electrons. The zero-order valence-electron chi connectivity index (χ0n) is 15.2. The zero-order chi connectivity index (χ0) is 18.4. The molecule has 0 aliphatic carbocycles. The molecule has 1 aromatic rings. The van der Waals surface area contributed by atoms with Crippen LogP contribution < -0.4 is 14.8 Å². The lowest BCUT2D eigenvalue weighted by Crippen LogP contribution is -2.35. The van der Waals surface area contributed by atoms with Crippen molar-refractivity contribution >= 4 is 11.8 Å². The number of amides is 2. The van der Waals surface area contributed by atoms with Crippen molar-refractivity contribution in [3.05, 3.63) is 23.8 Å². The van der Waals surface area contributed by atoms with Crippen molar-refractivity contribution in [1.82, 2.24) is 10.2 Å². The minimum absolute atomic E-state index is 0.0132. The van der Waals surface area contributed by atoms with Gasteiger partial charge in [-0.25, -0.2) is 0 Å². The molecule has 0 aromatic heterocycles. The monoisotopic (exact) mass is 350 g/mol. The van der Waals surface area contributed by atoms with E-state index in [9.17, 15) is 9.59 Å². The number of rotatable bonds is 7. The zero-order valence-corrected chi connectivity index (χ0v) is 15.2. The summed E-state index contributed by atoms with van der Waals surface area (Å²) in [5.74, 6) is 0.927. The molecular formula is C18H26N2O5. The van der Waals surface area contributed by atoms with Gasteiger partial charge in [-0.2, -0.15) is 0 Å². The number of hydrogen-bond acceptors (Lipinski definition) is 5. The molecule has 0 bridgehead atoms. The lowest BCUT2D eigenvalue weighted by molar-refractivity contribution is -0.130. The lowest BCUT2D eigenvalue weighted by atomic mass is 9.96. The van der Waals surface area contributed by atoms with E-state index in [1.807, 2.05) is 6.07 Å². The second-order valence-electron chi connectivity index (χ2n) is 6.10. The third-order valence-corrected chi connectivity index (χ3v) is 4.56. The Bertz CT molecular complexity index is 619. The summed E-state index contributed by atoms with van der Waals surface area (Å²) in [4.78, 5) is 26.4. The van der Waals surface area contributed by atoms with Gasteiger partial charge in [-0.05, 0) is 17.7 Å². The van der Waals surface area contributed by atoms with Crippen LogP contribution in [0.1, 0.15) is 5.56 Å². The molecule has 1 heterocycles. The summed E-state index contributed by atoms with van der Waals surface area (Å²) in [6.45, 7) is 1.40. The van der Waals surface area contributed by atoms with Gasteiger partial charge < -0.3 is 24.4 Å². The first-order valence-corrected chi connectivity index (χ1v) is 8.23.